The Labute approximate surface area is 94.8 Å². The summed E-state index contributed by atoms with van der Waals surface area (Å²) in [6, 6.07) is 0. The van der Waals surface area contributed by atoms with E-state index in [1.807, 2.05) is 0 Å². The second kappa shape index (κ2) is 3.93. The molecule has 0 amide bonds. The predicted octanol–water partition coefficient (Wildman–Crippen LogP) is 2.93. The third-order valence-corrected chi connectivity index (χ3v) is 4.32. The van der Waals surface area contributed by atoms with E-state index in [1.165, 1.54) is 25.8 Å². The van der Waals surface area contributed by atoms with Crippen molar-refractivity contribution in [3.63, 3.8) is 0 Å². The fourth-order valence-electron chi connectivity index (χ4n) is 3.78. The van der Waals surface area contributed by atoms with Crippen LogP contribution in [0.2, 0.25) is 0 Å². The van der Waals surface area contributed by atoms with Gasteiger partial charge >= 0.3 is 0 Å². The zero-order valence-electron chi connectivity index (χ0n) is 10.7. The second-order valence-electron chi connectivity index (χ2n) is 6.54. The maximum Gasteiger partial charge on any atom is 0.0812 e. The van der Waals surface area contributed by atoms with Crippen molar-refractivity contribution >= 4 is 0 Å². The first-order valence-electron chi connectivity index (χ1n) is 6.48. The van der Waals surface area contributed by atoms with Crippen molar-refractivity contribution in [2.24, 2.45) is 23.7 Å². The van der Waals surface area contributed by atoms with E-state index in [0.717, 1.165) is 28.2 Å². The van der Waals surface area contributed by atoms with Crippen molar-refractivity contribution in [3.8, 4) is 0 Å². The predicted molar refractivity (Wildman–Crippen MR) is 65.5 cm³/mol. The number of allylic oxidation sites excluding steroid dienone is 2. The van der Waals surface area contributed by atoms with Crippen LogP contribution in [0.25, 0.3) is 0 Å². The van der Waals surface area contributed by atoms with Crippen molar-refractivity contribution in [2.75, 3.05) is 27.7 Å². The monoisotopic (exact) mass is 208 g/mol. The van der Waals surface area contributed by atoms with Gasteiger partial charge in [0.25, 0.3) is 0 Å². The van der Waals surface area contributed by atoms with Gasteiger partial charge in [-0.3, -0.25) is 0 Å². The van der Waals surface area contributed by atoms with Crippen LogP contribution in [0.15, 0.2) is 12.2 Å². The van der Waals surface area contributed by atoms with E-state index in [-0.39, 0.29) is 0 Å². The highest BCUT2D eigenvalue weighted by molar-refractivity contribution is 5.09. The molecule has 0 aromatic carbocycles. The van der Waals surface area contributed by atoms with Crippen LogP contribution in [0.1, 0.15) is 26.2 Å². The summed E-state index contributed by atoms with van der Waals surface area (Å²) >= 11 is 0. The molecule has 0 aromatic rings. The molecule has 0 heterocycles. The second-order valence-corrected chi connectivity index (χ2v) is 6.54. The smallest absolute Gasteiger partial charge is 0.0812 e. The summed E-state index contributed by atoms with van der Waals surface area (Å²) in [7, 11) is 6.99. The van der Waals surface area contributed by atoms with E-state index < -0.39 is 0 Å². The maximum absolute atomic E-state index is 2.51. The number of quaternary nitrogens is 1. The molecule has 2 rings (SSSR count). The number of hydrogen-bond acceptors (Lipinski definition) is 0. The lowest BCUT2D eigenvalue weighted by molar-refractivity contribution is -0.874. The SMILES string of the molecule is CCC1CC(C[N+](C)(C)C)C2CC=CC12. The van der Waals surface area contributed by atoms with Crippen molar-refractivity contribution < 1.29 is 4.48 Å². The Balaban J connectivity index is 2.03. The quantitative estimate of drug-likeness (QED) is 0.494. The lowest BCUT2D eigenvalue weighted by atomic mass is 9.89. The molecule has 0 N–H and O–H groups in total. The van der Waals surface area contributed by atoms with Gasteiger partial charge in [0.1, 0.15) is 0 Å². The molecular weight excluding hydrogens is 182 g/mol. The molecular formula is C14H26N+. The number of fused-ring (bicyclic) bond motifs is 1. The Morgan fingerprint density at radius 2 is 1.93 bits per heavy atom. The highest BCUT2D eigenvalue weighted by Gasteiger charge is 2.44. The van der Waals surface area contributed by atoms with Crippen LogP contribution >= 0.6 is 0 Å². The summed E-state index contributed by atoms with van der Waals surface area (Å²) in [6.45, 7) is 3.72. The average Bonchev–Trinajstić information content (AvgIpc) is 2.66. The fourth-order valence-corrected chi connectivity index (χ4v) is 3.78. The van der Waals surface area contributed by atoms with Crippen LogP contribution in [0, 0.1) is 23.7 Å². The zero-order chi connectivity index (χ0) is 11.1. The van der Waals surface area contributed by atoms with Gasteiger partial charge in [-0.25, -0.2) is 0 Å². The Morgan fingerprint density at radius 3 is 2.53 bits per heavy atom. The third-order valence-electron chi connectivity index (χ3n) is 4.32. The molecule has 4 atom stereocenters. The van der Waals surface area contributed by atoms with Crippen LogP contribution < -0.4 is 0 Å². The first-order valence-corrected chi connectivity index (χ1v) is 6.48. The molecule has 1 nitrogen and oxygen atoms in total. The van der Waals surface area contributed by atoms with Gasteiger partial charge in [0, 0.05) is 5.92 Å². The number of hydrogen-bond donors (Lipinski definition) is 0. The molecule has 86 valence electrons. The highest BCUT2D eigenvalue weighted by Crippen LogP contribution is 2.49. The van der Waals surface area contributed by atoms with Gasteiger partial charge in [0.2, 0.25) is 0 Å². The van der Waals surface area contributed by atoms with Crippen LogP contribution in [0.5, 0.6) is 0 Å². The number of rotatable bonds is 3. The Kier molecular flexibility index (Phi) is 2.94. The Morgan fingerprint density at radius 1 is 1.20 bits per heavy atom. The molecule has 1 saturated carbocycles. The van der Waals surface area contributed by atoms with E-state index >= 15 is 0 Å². The molecule has 4 unspecified atom stereocenters. The summed E-state index contributed by atoms with van der Waals surface area (Å²) in [5, 5.41) is 0. The van der Waals surface area contributed by atoms with Crippen molar-refractivity contribution in [1.29, 1.82) is 0 Å². The van der Waals surface area contributed by atoms with E-state index in [0.29, 0.717) is 0 Å². The Bertz CT molecular complexity index is 249. The fraction of sp³-hybridized carbons (Fsp3) is 0.857. The average molecular weight is 208 g/mol. The summed E-state index contributed by atoms with van der Waals surface area (Å²) < 4.78 is 1.13. The molecule has 15 heavy (non-hydrogen) atoms. The molecule has 0 radical (unpaired) electrons. The minimum absolute atomic E-state index is 0.923. The van der Waals surface area contributed by atoms with E-state index in [9.17, 15) is 0 Å². The topological polar surface area (TPSA) is 0 Å². The lowest BCUT2D eigenvalue weighted by Gasteiger charge is -2.30. The maximum atomic E-state index is 2.51. The molecule has 0 spiro atoms. The summed E-state index contributed by atoms with van der Waals surface area (Å²) in [6.07, 6.45) is 9.14. The van der Waals surface area contributed by atoms with E-state index in [1.54, 1.807) is 0 Å². The molecule has 2 aliphatic carbocycles. The molecule has 0 aromatic heterocycles. The molecule has 1 fully saturated rings. The van der Waals surface area contributed by atoms with Crippen LogP contribution in [-0.2, 0) is 0 Å². The number of nitrogens with zero attached hydrogens (tertiary/aromatic N) is 1. The van der Waals surface area contributed by atoms with E-state index in [2.05, 4.69) is 40.2 Å². The largest absolute Gasteiger partial charge is 0.331 e. The molecule has 2 aliphatic rings. The lowest BCUT2D eigenvalue weighted by Crippen LogP contribution is -2.40. The Hall–Kier alpha value is -0.300. The summed E-state index contributed by atoms with van der Waals surface area (Å²) in [4.78, 5) is 0. The van der Waals surface area contributed by atoms with Crippen LogP contribution in [0.3, 0.4) is 0 Å². The minimum Gasteiger partial charge on any atom is -0.331 e. The first-order chi connectivity index (χ1) is 7.01. The molecule has 0 bridgehead atoms. The van der Waals surface area contributed by atoms with Crippen molar-refractivity contribution in [3.05, 3.63) is 12.2 Å². The summed E-state index contributed by atoms with van der Waals surface area (Å²) in [5.41, 5.74) is 0. The van der Waals surface area contributed by atoms with Gasteiger partial charge in [-0.15, -0.1) is 0 Å². The molecule has 0 aliphatic heterocycles. The first kappa shape index (κ1) is 11.2. The summed E-state index contributed by atoms with van der Waals surface area (Å²) in [5.74, 6) is 3.85. The van der Waals surface area contributed by atoms with Gasteiger partial charge in [-0.05, 0) is 30.6 Å². The van der Waals surface area contributed by atoms with Gasteiger partial charge in [0.05, 0.1) is 27.7 Å². The van der Waals surface area contributed by atoms with Crippen molar-refractivity contribution in [2.45, 2.75) is 26.2 Å². The van der Waals surface area contributed by atoms with Gasteiger partial charge in [0.15, 0.2) is 0 Å². The van der Waals surface area contributed by atoms with Gasteiger partial charge < -0.3 is 4.48 Å². The zero-order valence-corrected chi connectivity index (χ0v) is 10.7. The normalized spacial score (nSPS) is 39.7. The highest BCUT2D eigenvalue weighted by atomic mass is 15.3. The van der Waals surface area contributed by atoms with Crippen molar-refractivity contribution in [1.82, 2.24) is 0 Å². The van der Waals surface area contributed by atoms with Gasteiger partial charge in [-0.1, -0.05) is 25.5 Å². The third kappa shape index (κ3) is 2.28. The molecule has 1 heteroatoms. The van der Waals surface area contributed by atoms with Gasteiger partial charge in [-0.2, -0.15) is 0 Å². The van der Waals surface area contributed by atoms with Crippen LogP contribution in [0.4, 0.5) is 0 Å². The standard InChI is InChI=1S/C14H26N/c1-5-11-9-12(10-15(2,3)4)14-8-6-7-13(11)14/h6-7,11-14H,5,8-10H2,1-4H3/q+1. The van der Waals surface area contributed by atoms with Crippen LogP contribution in [-0.4, -0.2) is 32.2 Å². The van der Waals surface area contributed by atoms with E-state index in [4.69, 9.17) is 0 Å². The molecule has 0 saturated heterocycles. The minimum atomic E-state index is 0.923.